The molecule has 0 saturated carbocycles. The first-order chi connectivity index (χ1) is 17.5. The van der Waals surface area contributed by atoms with Crippen LogP contribution in [0.4, 0.5) is 0 Å². The van der Waals surface area contributed by atoms with E-state index < -0.39 is 0 Å². The van der Waals surface area contributed by atoms with Gasteiger partial charge in [-0.05, 0) is 74.1 Å². The van der Waals surface area contributed by atoms with Gasteiger partial charge in [-0.1, -0.05) is 12.6 Å². The van der Waals surface area contributed by atoms with Crippen LogP contribution in [0.15, 0.2) is 42.5 Å². The van der Waals surface area contributed by atoms with Crippen LogP contribution in [0.1, 0.15) is 43.7 Å². The molecule has 2 aromatic carbocycles. The Morgan fingerprint density at radius 3 is 2.33 bits per heavy atom. The molecular formula is C28H31NO7. The van der Waals surface area contributed by atoms with Crippen molar-refractivity contribution in [2.75, 3.05) is 34.2 Å². The van der Waals surface area contributed by atoms with Crippen molar-refractivity contribution in [3.05, 3.63) is 65.0 Å². The largest absolute Gasteiger partial charge is 0.493 e. The summed E-state index contributed by atoms with van der Waals surface area (Å²) < 4.78 is 33.0. The Kier molecular flexibility index (Phi) is 9.64. The van der Waals surface area contributed by atoms with Gasteiger partial charge in [0.05, 0.1) is 34.0 Å². The van der Waals surface area contributed by atoms with Gasteiger partial charge in [-0.3, -0.25) is 0 Å². The van der Waals surface area contributed by atoms with E-state index in [0.717, 1.165) is 36.8 Å². The molecule has 0 aromatic heterocycles. The number of hydrogen-bond acceptors (Lipinski definition) is 7. The number of unbranched alkanes of at least 4 members (excludes halogenated alkanes) is 3. The summed E-state index contributed by atoms with van der Waals surface area (Å²) in [5, 5.41) is 0. The SMILES string of the molecule is [C-]#[N+]/C(=C\c1cc(OC)c(OCCCCCCOC(=O)C(=C)C)c(OC)c1)c1ccc2c(c1)OCO2. The molecule has 0 N–H and O–H groups in total. The Morgan fingerprint density at radius 1 is 1.03 bits per heavy atom. The number of rotatable bonds is 13. The highest BCUT2D eigenvalue weighted by Crippen LogP contribution is 2.40. The summed E-state index contributed by atoms with van der Waals surface area (Å²) in [5.74, 6) is 2.48. The van der Waals surface area contributed by atoms with Gasteiger partial charge in [-0.25, -0.2) is 9.64 Å². The number of carbonyl (C=O) groups is 1. The molecule has 1 heterocycles. The summed E-state index contributed by atoms with van der Waals surface area (Å²) >= 11 is 0. The number of methoxy groups -OCH3 is 2. The Hall–Kier alpha value is -4.12. The summed E-state index contributed by atoms with van der Waals surface area (Å²) in [6.07, 6.45) is 5.23. The maximum Gasteiger partial charge on any atom is 0.333 e. The van der Waals surface area contributed by atoms with E-state index in [2.05, 4.69) is 11.4 Å². The first-order valence-electron chi connectivity index (χ1n) is 11.7. The Morgan fingerprint density at radius 2 is 1.69 bits per heavy atom. The van der Waals surface area contributed by atoms with Crippen LogP contribution in [-0.2, 0) is 9.53 Å². The smallest absolute Gasteiger partial charge is 0.333 e. The van der Waals surface area contributed by atoms with E-state index >= 15 is 0 Å². The van der Waals surface area contributed by atoms with Gasteiger partial charge in [-0.15, -0.1) is 0 Å². The van der Waals surface area contributed by atoms with E-state index in [1.807, 2.05) is 18.2 Å². The van der Waals surface area contributed by atoms with Crippen molar-refractivity contribution in [2.24, 2.45) is 0 Å². The molecule has 0 spiro atoms. The van der Waals surface area contributed by atoms with Crippen LogP contribution in [-0.4, -0.2) is 40.2 Å². The third-order valence-electron chi connectivity index (χ3n) is 5.44. The summed E-state index contributed by atoms with van der Waals surface area (Å²) in [4.78, 5) is 15.1. The third-order valence-corrected chi connectivity index (χ3v) is 5.44. The molecule has 0 saturated heterocycles. The Bertz CT molecular complexity index is 1140. The lowest BCUT2D eigenvalue weighted by Gasteiger charge is -2.15. The molecule has 3 rings (SSSR count). The van der Waals surface area contributed by atoms with Crippen LogP contribution in [0.25, 0.3) is 16.6 Å². The average Bonchev–Trinajstić information content (AvgIpc) is 3.36. The van der Waals surface area contributed by atoms with Crippen LogP contribution in [0, 0.1) is 6.57 Å². The van der Waals surface area contributed by atoms with Gasteiger partial charge in [0.25, 0.3) is 0 Å². The van der Waals surface area contributed by atoms with E-state index in [9.17, 15) is 4.79 Å². The Labute approximate surface area is 211 Å². The second kappa shape index (κ2) is 13.1. The molecule has 0 atom stereocenters. The molecule has 0 aliphatic carbocycles. The van der Waals surface area contributed by atoms with Crippen LogP contribution in [0.2, 0.25) is 0 Å². The number of hydrogen-bond donors (Lipinski definition) is 0. The molecule has 36 heavy (non-hydrogen) atoms. The highest BCUT2D eigenvalue weighted by Gasteiger charge is 2.17. The fraction of sp³-hybridized carbons (Fsp3) is 0.357. The fourth-order valence-corrected chi connectivity index (χ4v) is 3.54. The molecule has 0 fully saturated rings. The van der Waals surface area contributed by atoms with Crippen molar-refractivity contribution in [3.63, 3.8) is 0 Å². The molecule has 0 amide bonds. The molecule has 1 aliphatic heterocycles. The van der Waals surface area contributed by atoms with E-state index in [0.29, 0.717) is 53.2 Å². The minimum atomic E-state index is -0.352. The van der Waals surface area contributed by atoms with Crippen molar-refractivity contribution in [3.8, 4) is 28.7 Å². The topological polar surface area (TPSA) is 76.8 Å². The summed E-state index contributed by atoms with van der Waals surface area (Å²) in [7, 11) is 3.13. The number of benzene rings is 2. The number of esters is 1. The third kappa shape index (κ3) is 6.95. The lowest BCUT2D eigenvalue weighted by atomic mass is 10.1. The predicted molar refractivity (Wildman–Crippen MR) is 136 cm³/mol. The maximum absolute atomic E-state index is 11.4. The fourth-order valence-electron chi connectivity index (χ4n) is 3.54. The summed E-state index contributed by atoms with van der Waals surface area (Å²) in [6, 6.07) is 9.04. The van der Waals surface area contributed by atoms with Crippen molar-refractivity contribution < 1.29 is 33.2 Å². The second-order valence-electron chi connectivity index (χ2n) is 8.14. The van der Waals surface area contributed by atoms with Crippen LogP contribution < -0.4 is 23.7 Å². The van der Waals surface area contributed by atoms with E-state index in [-0.39, 0.29) is 12.8 Å². The number of nitrogens with zero attached hydrogens (tertiary/aromatic N) is 1. The highest BCUT2D eigenvalue weighted by atomic mass is 16.7. The van der Waals surface area contributed by atoms with Gasteiger partial charge < -0.3 is 28.4 Å². The van der Waals surface area contributed by atoms with Crippen LogP contribution >= 0.6 is 0 Å². The van der Waals surface area contributed by atoms with Crippen LogP contribution in [0.3, 0.4) is 0 Å². The molecule has 2 aromatic rings. The van der Waals surface area contributed by atoms with Crippen molar-refractivity contribution >= 4 is 17.7 Å². The van der Waals surface area contributed by atoms with Crippen molar-refractivity contribution in [1.29, 1.82) is 0 Å². The standard InChI is InChI=1S/C28H31NO7/c1-19(2)28(30)34-13-9-7-6-8-12-33-27-25(31-4)15-20(16-26(27)32-5)14-22(29-3)21-10-11-23-24(17-21)36-18-35-23/h10-11,14-17H,1,6-9,12-13,18H2,2,4-5H3/b22-14-. The molecule has 0 bridgehead atoms. The average molecular weight is 494 g/mol. The molecule has 0 unspecified atom stereocenters. The molecule has 8 nitrogen and oxygen atoms in total. The Balaban J connectivity index is 1.62. The molecule has 0 radical (unpaired) electrons. The minimum absolute atomic E-state index is 0.177. The first-order valence-corrected chi connectivity index (χ1v) is 11.7. The quantitative estimate of drug-likeness (QED) is 0.113. The highest BCUT2D eigenvalue weighted by molar-refractivity contribution is 5.87. The van der Waals surface area contributed by atoms with Gasteiger partial charge >= 0.3 is 5.97 Å². The van der Waals surface area contributed by atoms with Gasteiger partial charge in [-0.2, -0.15) is 0 Å². The van der Waals surface area contributed by atoms with Gasteiger partial charge in [0.1, 0.15) is 0 Å². The normalized spacial score (nSPS) is 12.0. The lowest BCUT2D eigenvalue weighted by Crippen LogP contribution is -2.06. The molecule has 8 heteroatoms. The van der Waals surface area contributed by atoms with E-state index in [1.165, 1.54) is 0 Å². The number of carbonyl (C=O) groups excluding carboxylic acids is 1. The number of fused-ring (bicyclic) bond motifs is 1. The van der Waals surface area contributed by atoms with Crippen molar-refractivity contribution in [2.45, 2.75) is 32.6 Å². The lowest BCUT2D eigenvalue weighted by molar-refractivity contribution is -0.139. The molecule has 1 aliphatic rings. The zero-order chi connectivity index (χ0) is 25.9. The first kappa shape index (κ1) is 26.5. The minimum Gasteiger partial charge on any atom is -0.493 e. The molecular weight excluding hydrogens is 462 g/mol. The van der Waals surface area contributed by atoms with Crippen LogP contribution in [0.5, 0.6) is 28.7 Å². The maximum atomic E-state index is 11.4. The summed E-state index contributed by atoms with van der Waals surface area (Å²) in [5.41, 5.74) is 2.32. The zero-order valence-electron chi connectivity index (χ0n) is 20.9. The number of ether oxygens (including phenoxy) is 6. The van der Waals surface area contributed by atoms with Gasteiger partial charge in [0, 0.05) is 5.57 Å². The van der Waals surface area contributed by atoms with Gasteiger partial charge in [0.15, 0.2) is 28.7 Å². The van der Waals surface area contributed by atoms with E-state index in [4.69, 9.17) is 35.0 Å². The predicted octanol–water partition coefficient (Wildman–Crippen LogP) is 5.91. The summed E-state index contributed by atoms with van der Waals surface area (Å²) in [6.45, 7) is 13.9. The zero-order valence-corrected chi connectivity index (χ0v) is 20.9. The second-order valence-corrected chi connectivity index (χ2v) is 8.14. The molecule has 190 valence electrons. The van der Waals surface area contributed by atoms with Gasteiger partial charge in [0.2, 0.25) is 12.5 Å². The van der Waals surface area contributed by atoms with Crippen molar-refractivity contribution in [1.82, 2.24) is 0 Å². The van der Waals surface area contributed by atoms with E-state index in [1.54, 1.807) is 39.4 Å². The monoisotopic (exact) mass is 493 g/mol.